The van der Waals surface area contributed by atoms with Crippen LogP contribution in [0.1, 0.15) is 5.56 Å². The van der Waals surface area contributed by atoms with Gasteiger partial charge in [-0.25, -0.2) is 4.98 Å². The topological polar surface area (TPSA) is 51.7 Å². The van der Waals surface area contributed by atoms with Crippen LogP contribution < -0.4 is 14.4 Å². The highest BCUT2D eigenvalue weighted by molar-refractivity contribution is 5.97. The smallest absolute Gasteiger partial charge is 0.266 e. The number of carbonyl (C=O) groups is 1. The number of pyridine rings is 1. The normalized spacial score (nSPS) is 12.9. The van der Waals surface area contributed by atoms with Gasteiger partial charge in [-0.2, -0.15) is 0 Å². The molecule has 4 rings (SSSR count). The highest BCUT2D eigenvalue weighted by Gasteiger charge is 2.27. The number of nitrogens with zero attached hydrogens (tertiary/aromatic N) is 2. The van der Waals surface area contributed by atoms with Gasteiger partial charge in [0.05, 0.1) is 12.6 Å². The molecule has 0 saturated carbocycles. The van der Waals surface area contributed by atoms with Gasteiger partial charge >= 0.3 is 0 Å². The van der Waals surface area contributed by atoms with Crippen LogP contribution in [0.2, 0.25) is 0 Å². The third-order valence-electron chi connectivity index (χ3n) is 4.34. The SMILES string of the molecule is COc1ccc2nc3c(cc2c1)CCN3C(=O)COc1ccccc1. The average molecular weight is 334 g/mol. The van der Waals surface area contributed by atoms with Crippen LogP contribution >= 0.6 is 0 Å². The Bertz CT molecular complexity index is 925. The maximum absolute atomic E-state index is 12.6. The summed E-state index contributed by atoms with van der Waals surface area (Å²) >= 11 is 0. The molecule has 1 aliphatic heterocycles. The Morgan fingerprint density at radius 3 is 2.76 bits per heavy atom. The summed E-state index contributed by atoms with van der Waals surface area (Å²) in [6, 6.07) is 17.2. The van der Waals surface area contributed by atoms with Crippen LogP contribution in [-0.2, 0) is 11.2 Å². The number of methoxy groups -OCH3 is 1. The van der Waals surface area contributed by atoms with E-state index in [0.717, 1.165) is 34.5 Å². The van der Waals surface area contributed by atoms with Crippen LogP contribution in [0.25, 0.3) is 10.9 Å². The van der Waals surface area contributed by atoms with E-state index < -0.39 is 0 Å². The van der Waals surface area contributed by atoms with Crippen molar-refractivity contribution in [2.75, 3.05) is 25.2 Å². The van der Waals surface area contributed by atoms with Gasteiger partial charge in [-0.1, -0.05) is 18.2 Å². The lowest BCUT2D eigenvalue weighted by atomic mass is 10.1. The van der Waals surface area contributed by atoms with Crippen LogP contribution in [0.3, 0.4) is 0 Å². The number of anilines is 1. The molecule has 126 valence electrons. The minimum atomic E-state index is -0.0806. The summed E-state index contributed by atoms with van der Waals surface area (Å²) in [5.41, 5.74) is 1.93. The maximum atomic E-state index is 12.6. The van der Waals surface area contributed by atoms with Crippen molar-refractivity contribution in [1.29, 1.82) is 0 Å². The first kappa shape index (κ1) is 15.4. The molecule has 0 spiro atoms. The van der Waals surface area contributed by atoms with Gasteiger partial charge in [0.15, 0.2) is 6.61 Å². The number of hydrogen-bond acceptors (Lipinski definition) is 4. The molecule has 0 N–H and O–H groups in total. The van der Waals surface area contributed by atoms with E-state index in [-0.39, 0.29) is 12.5 Å². The second-order valence-corrected chi connectivity index (χ2v) is 5.93. The fourth-order valence-corrected chi connectivity index (χ4v) is 3.05. The third-order valence-corrected chi connectivity index (χ3v) is 4.34. The molecular formula is C20H18N2O3. The maximum Gasteiger partial charge on any atom is 0.266 e. The van der Waals surface area contributed by atoms with E-state index in [4.69, 9.17) is 9.47 Å². The first-order valence-electron chi connectivity index (χ1n) is 8.20. The van der Waals surface area contributed by atoms with Crippen molar-refractivity contribution in [3.8, 4) is 11.5 Å². The van der Waals surface area contributed by atoms with Gasteiger partial charge < -0.3 is 9.47 Å². The summed E-state index contributed by atoms with van der Waals surface area (Å²) in [5, 5.41) is 1.02. The number of benzene rings is 2. The zero-order valence-corrected chi connectivity index (χ0v) is 13.9. The molecule has 5 nitrogen and oxygen atoms in total. The minimum Gasteiger partial charge on any atom is -0.497 e. The van der Waals surface area contributed by atoms with E-state index in [0.29, 0.717) is 12.3 Å². The summed E-state index contributed by atoms with van der Waals surface area (Å²) in [5.74, 6) is 2.15. The van der Waals surface area contributed by atoms with Gasteiger partial charge in [-0.3, -0.25) is 9.69 Å². The third kappa shape index (κ3) is 3.01. The number of fused-ring (bicyclic) bond motifs is 2. The number of ether oxygens (including phenoxy) is 2. The summed E-state index contributed by atoms with van der Waals surface area (Å²) in [7, 11) is 1.65. The standard InChI is InChI=1S/C20H18N2O3/c1-24-17-7-8-18-15(12-17)11-14-9-10-22(20(14)21-18)19(23)13-25-16-5-3-2-4-6-16/h2-8,11-12H,9-10,13H2,1H3. The summed E-state index contributed by atoms with van der Waals surface area (Å²) in [4.78, 5) is 19.0. The second kappa shape index (κ2) is 6.43. The first-order chi connectivity index (χ1) is 12.2. The van der Waals surface area contributed by atoms with Crippen molar-refractivity contribution >= 4 is 22.6 Å². The van der Waals surface area contributed by atoms with E-state index in [1.165, 1.54) is 0 Å². The molecule has 0 unspecified atom stereocenters. The van der Waals surface area contributed by atoms with Crippen LogP contribution in [-0.4, -0.2) is 31.2 Å². The number of aromatic nitrogens is 1. The van der Waals surface area contributed by atoms with Crippen molar-refractivity contribution in [2.24, 2.45) is 0 Å². The Kier molecular flexibility index (Phi) is 3.98. The van der Waals surface area contributed by atoms with Gasteiger partial charge in [0.1, 0.15) is 17.3 Å². The Morgan fingerprint density at radius 2 is 1.96 bits per heavy atom. The molecule has 5 heteroatoms. The van der Waals surface area contributed by atoms with Gasteiger partial charge in [0.25, 0.3) is 5.91 Å². The molecule has 0 saturated heterocycles. The van der Waals surface area contributed by atoms with Crippen molar-refractivity contribution in [2.45, 2.75) is 6.42 Å². The molecule has 1 amide bonds. The summed E-state index contributed by atoms with van der Waals surface area (Å²) < 4.78 is 10.8. The molecule has 1 aliphatic rings. The Morgan fingerprint density at radius 1 is 1.12 bits per heavy atom. The summed E-state index contributed by atoms with van der Waals surface area (Å²) in [6.07, 6.45) is 0.798. The van der Waals surface area contributed by atoms with E-state index >= 15 is 0 Å². The number of amides is 1. The highest BCUT2D eigenvalue weighted by Crippen LogP contribution is 2.31. The lowest BCUT2D eigenvalue weighted by Gasteiger charge is -2.17. The predicted octanol–water partition coefficient (Wildman–Crippen LogP) is 3.21. The molecule has 0 atom stereocenters. The zero-order valence-electron chi connectivity index (χ0n) is 13.9. The van der Waals surface area contributed by atoms with Gasteiger partial charge in [-0.15, -0.1) is 0 Å². The Balaban J connectivity index is 1.56. The van der Waals surface area contributed by atoms with E-state index in [1.807, 2.05) is 48.5 Å². The van der Waals surface area contributed by atoms with E-state index in [2.05, 4.69) is 11.1 Å². The Labute approximate surface area is 145 Å². The molecule has 25 heavy (non-hydrogen) atoms. The van der Waals surface area contributed by atoms with Gasteiger partial charge in [0.2, 0.25) is 0 Å². The molecule has 0 fully saturated rings. The highest BCUT2D eigenvalue weighted by atomic mass is 16.5. The number of rotatable bonds is 4. The van der Waals surface area contributed by atoms with Crippen molar-refractivity contribution in [3.63, 3.8) is 0 Å². The molecule has 2 aromatic carbocycles. The van der Waals surface area contributed by atoms with E-state index in [1.54, 1.807) is 12.0 Å². The molecule has 0 radical (unpaired) electrons. The van der Waals surface area contributed by atoms with Crippen molar-refractivity contribution < 1.29 is 14.3 Å². The monoisotopic (exact) mass is 334 g/mol. The molecule has 2 heterocycles. The predicted molar refractivity (Wildman–Crippen MR) is 96.3 cm³/mol. The quantitative estimate of drug-likeness (QED) is 0.735. The fourth-order valence-electron chi connectivity index (χ4n) is 3.05. The van der Waals surface area contributed by atoms with Crippen LogP contribution in [0.5, 0.6) is 11.5 Å². The van der Waals surface area contributed by atoms with Crippen LogP contribution in [0.4, 0.5) is 5.82 Å². The molecule has 1 aromatic heterocycles. The first-order valence-corrected chi connectivity index (χ1v) is 8.20. The van der Waals surface area contributed by atoms with E-state index in [9.17, 15) is 4.79 Å². The molecule has 0 bridgehead atoms. The molecule has 3 aromatic rings. The second-order valence-electron chi connectivity index (χ2n) is 5.93. The van der Waals surface area contributed by atoms with Crippen LogP contribution in [0, 0.1) is 0 Å². The largest absolute Gasteiger partial charge is 0.497 e. The van der Waals surface area contributed by atoms with Gasteiger partial charge in [-0.05, 0) is 48.4 Å². The number of hydrogen-bond donors (Lipinski definition) is 0. The average Bonchev–Trinajstić information content (AvgIpc) is 3.07. The molecular weight excluding hydrogens is 316 g/mol. The number of para-hydroxylation sites is 1. The van der Waals surface area contributed by atoms with Crippen molar-refractivity contribution in [1.82, 2.24) is 4.98 Å². The zero-order chi connectivity index (χ0) is 17.2. The van der Waals surface area contributed by atoms with Gasteiger partial charge in [0, 0.05) is 11.9 Å². The Hall–Kier alpha value is -3.08. The molecule has 0 aliphatic carbocycles. The summed E-state index contributed by atoms with van der Waals surface area (Å²) in [6.45, 7) is 0.637. The van der Waals surface area contributed by atoms with Crippen LogP contribution in [0.15, 0.2) is 54.6 Å². The van der Waals surface area contributed by atoms with Crippen molar-refractivity contribution in [3.05, 3.63) is 60.2 Å². The lowest BCUT2D eigenvalue weighted by molar-refractivity contribution is -0.120. The number of carbonyl (C=O) groups excluding carboxylic acids is 1. The minimum absolute atomic E-state index is 0.00574. The lowest BCUT2D eigenvalue weighted by Crippen LogP contribution is -2.33. The fraction of sp³-hybridized carbons (Fsp3) is 0.200.